The van der Waals surface area contributed by atoms with Gasteiger partial charge in [0.25, 0.3) is 0 Å². The Balaban J connectivity index is 2.00. The minimum absolute atomic E-state index is 0.0255. The van der Waals surface area contributed by atoms with Gasteiger partial charge in [-0.1, -0.05) is 33.1 Å². The van der Waals surface area contributed by atoms with Gasteiger partial charge in [0, 0.05) is 6.54 Å². The van der Waals surface area contributed by atoms with Gasteiger partial charge < -0.3 is 10.2 Å². The highest BCUT2D eigenvalue weighted by Gasteiger charge is 2.38. The van der Waals surface area contributed by atoms with E-state index in [0.29, 0.717) is 12.8 Å². The van der Waals surface area contributed by atoms with Crippen molar-refractivity contribution in [1.29, 1.82) is 0 Å². The molecule has 1 saturated carbocycles. The van der Waals surface area contributed by atoms with E-state index in [1.807, 2.05) is 18.7 Å². The third kappa shape index (κ3) is 2.52. The summed E-state index contributed by atoms with van der Waals surface area (Å²) < 4.78 is 0. The van der Waals surface area contributed by atoms with Gasteiger partial charge in [-0.05, 0) is 25.2 Å². The van der Waals surface area contributed by atoms with Crippen LogP contribution in [0.4, 0.5) is 0 Å². The first-order chi connectivity index (χ1) is 8.67. The van der Waals surface area contributed by atoms with Crippen LogP contribution in [0.5, 0.6) is 0 Å². The fraction of sp³-hybridized carbons (Fsp3) is 0.857. The highest BCUT2D eigenvalue weighted by atomic mass is 16.2. The van der Waals surface area contributed by atoms with Crippen LogP contribution in [0.25, 0.3) is 0 Å². The van der Waals surface area contributed by atoms with Crippen LogP contribution >= 0.6 is 0 Å². The van der Waals surface area contributed by atoms with Crippen LogP contribution in [0.3, 0.4) is 0 Å². The monoisotopic (exact) mass is 252 g/mol. The van der Waals surface area contributed by atoms with Gasteiger partial charge >= 0.3 is 0 Å². The van der Waals surface area contributed by atoms with E-state index in [0.717, 1.165) is 18.9 Å². The van der Waals surface area contributed by atoms with Crippen LogP contribution in [0.1, 0.15) is 52.4 Å². The molecule has 18 heavy (non-hydrogen) atoms. The largest absolute Gasteiger partial charge is 0.343 e. The summed E-state index contributed by atoms with van der Waals surface area (Å²) in [6.07, 6.45) is 6.36. The average molecular weight is 252 g/mol. The minimum atomic E-state index is -0.304. The van der Waals surface area contributed by atoms with E-state index in [4.69, 9.17) is 0 Å². The van der Waals surface area contributed by atoms with Crippen LogP contribution in [-0.4, -0.2) is 35.3 Å². The lowest BCUT2D eigenvalue weighted by Crippen LogP contribution is -2.63. The number of hydrogen-bond donors (Lipinski definition) is 1. The summed E-state index contributed by atoms with van der Waals surface area (Å²) in [7, 11) is 0. The molecule has 1 aliphatic carbocycles. The first kappa shape index (κ1) is 13.4. The van der Waals surface area contributed by atoms with Gasteiger partial charge in [0.15, 0.2) is 0 Å². The van der Waals surface area contributed by atoms with Gasteiger partial charge in [0.1, 0.15) is 12.1 Å². The maximum Gasteiger partial charge on any atom is 0.245 e. The maximum atomic E-state index is 12.3. The lowest BCUT2D eigenvalue weighted by molar-refractivity contribution is -0.149. The summed E-state index contributed by atoms with van der Waals surface area (Å²) in [5.74, 6) is 0.918. The molecular formula is C14H24N2O2. The number of amides is 2. The molecule has 4 nitrogen and oxygen atoms in total. The quantitative estimate of drug-likeness (QED) is 0.809. The number of nitrogens with zero attached hydrogens (tertiary/aromatic N) is 1. The fourth-order valence-corrected chi connectivity index (χ4v) is 2.88. The standard InChI is InChI=1S/C14H24N2O2/c1-3-11-14(18)16(9-8-10-6-5-7-10)12(4-2)13(17)15-11/h10-12H,3-9H2,1-2H3,(H,15,17). The zero-order valence-corrected chi connectivity index (χ0v) is 11.4. The van der Waals surface area contributed by atoms with Crippen LogP contribution in [-0.2, 0) is 9.59 Å². The van der Waals surface area contributed by atoms with Crippen molar-refractivity contribution in [2.75, 3.05) is 6.54 Å². The Hall–Kier alpha value is -1.06. The van der Waals surface area contributed by atoms with Crippen molar-refractivity contribution in [2.45, 2.75) is 64.5 Å². The van der Waals surface area contributed by atoms with Gasteiger partial charge in [-0.25, -0.2) is 0 Å². The molecule has 2 rings (SSSR count). The number of piperazine rings is 1. The summed E-state index contributed by atoms with van der Waals surface area (Å²) in [5, 5.41) is 2.83. The molecule has 0 bridgehead atoms. The van der Waals surface area contributed by atoms with E-state index >= 15 is 0 Å². The van der Waals surface area contributed by atoms with Crippen molar-refractivity contribution in [3.8, 4) is 0 Å². The lowest BCUT2D eigenvalue weighted by atomic mass is 9.82. The molecule has 1 saturated heterocycles. The van der Waals surface area contributed by atoms with Gasteiger partial charge in [0.2, 0.25) is 11.8 Å². The van der Waals surface area contributed by atoms with E-state index in [9.17, 15) is 9.59 Å². The summed E-state index contributed by atoms with van der Waals surface area (Å²) in [6, 6.07) is -0.554. The molecule has 1 heterocycles. The highest BCUT2D eigenvalue weighted by molar-refractivity contribution is 5.96. The maximum absolute atomic E-state index is 12.3. The zero-order valence-electron chi connectivity index (χ0n) is 11.4. The van der Waals surface area contributed by atoms with E-state index in [-0.39, 0.29) is 23.9 Å². The zero-order chi connectivity index (χ0) is 13.1. The van der Waals surface area contributed by atoms with Crippen molar-refractivity contribution in [2.24, 2.45) is 5.92 Å². The Morgan fingerprint density at radius 2 is 1.94 bits per heavy atom. The molecule has 4 heteroatoms. The molecule has 2 fully saturated rings. The van der Waals surface area contributed by atoms with Crippen molar-refractivity contribution >= 4 is 11.8 Å². The highest BCUT2D eigenvalue weighted by Crippen LogP contribution is 2.30. The van der Waals surface area contributed by atoms with E-state index in [1.54, 1.807) is 0 Å². The number of nitrogens with one attached hydrogen (secondary N) is 1. The molecule has 1 N–H and O–H groups in total. The Bertz CT molecular complexity index is 326. The Kier molecular flexibility index (Phi) is 4.25. The molecule has 0 aromatic heterocycles. The van der Waals surface area contributed by atoms with E-state index < -0.39 is 0 Å². The summed E-state index contributed by atoms with van der Waals surface area (Å²) in [6.45, 7) is 4.67. The number of carbonyl (C=O) groups excluding carboxylic acids is 2. The molecule has 0 spiro atoms. The molecule has 2 unspecified atom stereocenters. The second-order valence-electron chi connectivity index (χ2n) is 5.51. The average Bonchev–Trinajstić information content (AvgIpc) is 2.31. The summed E-state index contributed by atoms with van der Waals surface area (Å²) in [5.41, 5.74) is 0. The Labute approximate surface area is 109 Å². The molecule has 102 valence electrons. The van der Waals surface area contributed by atoms with Crippen LogP contribution in [0.15, 0.2) is 0 Å². The second kappa shape index (κ2) is 5.72. The van der Waals surface area contributed by atoms with Crippen molar-refractivity contribution < 1.29 is 9.59 Å². The normalized spacial score (nSPS) is 29.1. The Morgan fingerprint density at radius 3 is 2.44 bits per heavy atom. The van der Waals surface area contributed by atoms with E-state index in [2.05, 4.69) is 5.32 Å². The van der Waals surface area contributed by atoms with Crippen LogP contribution < -0.4 is 5.32 Å². The third-order valence-corrected chi connectivity index (χ3v) is 4.37. The molecule has 2 amide bonds. The van der Waals surface area contributed by atoms with Gasteiger partial charge in [0.05, 0.1) is 0 Å². The van der Waals surface area contributed by atoms with Crippen LogP contribution in [0, 0.1) is 5.92 Å². The topological polar surface area (TPSA) is 49.4 Å². The predicted molar refractivity (Wildman–Crippen MR) is 70.0 cm³/mol. The SMILES string of the molecule is CCC1NC(=O)C(CC)N(CCC2CCC2)C1=O. The minimum Gasteiger partial charge on any atom is -0.343 e. The molecule has 2 atom stereocenters. The fourth-order valence-electron chi connectivity index (χ4n) is 2.88. The van der Waals surface area contributed by atoms with Gasteiger partial charge in [-0.15, -0.1) is 0 Å². The van der Waals surface area contributed by atoms with Crippen LogP contribution in [0.2, 0.25) is 0 Å². The molecule has 1 aliphatic heterocycles. The first-order valence-electron chi connectivity index (χ1n) is 7.28. The smallest absolute Gasteiger partial charge is 0.245 e. The number of hydrogen-bond acceptors (Lipinski definition) is 2. The molecule has 0 radical (unpaired) electrons. The number of rotatable bonds is 5. The second-order valence-corrected chi connectivity index (χ2v) is 5.51. The lowest BCUT2D eigenvalue weighted by Gasteiger charge is -2.39. The van der Waals surface area contributed by atoms with Gasteiger partial charge in [-0.2, -0.15) is 0 Å². The summed E-state index contributed by atoms with van der Waals surface area (Å²) in [4.78, 5) is 26.1. The van der Waals surface area contributed by atoms with Crippen molar-refractivity contribution in [3.05, 3.63) is 0 Å². The Morgan fingerprint density at radius 1 is 1.22 bits per heavy atom. The van der Waals surface area contributed by atoms with Crippen molar-refractivity contribution in [3.63, 3.8) is 0 Å². The molecule has 0 aromatic carbocycles. The van der Waals surface area contributed by atoms with Crippen molar-refractivity contribution in [1.82, 2.24) is 10.2 Å². The molecular weight excluding hydrogens is 228 g/mol. The van der Waals surface area contributed by atoms with Gasteiger partial charge in [-0.3, -0.25) is 9.59 Å². The third-order valence-electron chi connectivity index (χ3n) is 4.37. The first-order valence-corrected chi connectivity index (χ1v) is 7.28. The molecule has 0 aromatic rings. The number of carbonyl (C=O) groups is 2. The molecule has 2 aliphatic rings. The summed E-state index contributed by atoms with van der Waals surface area (Å²) >= 11 is 0. The predicted octanol–water partition coefficient (Wildman–Crippen LogP) is 1.69. The van der Waals surface area contributed by atoms with E-state index in [1.165, 1.54) is 19.3 Å².